The molecule has 78 valence electrons. The molecule has 0 spiro atoms. The van der Waals surface area contributed by atoms with Gasteiger partial charge in [-0.15, -0.1) is 12.4 Å². The number of nitrogens with one attached hydrogen (secondary N) is 1. The van der Waals surface area contributed by atoms with Gasteiger partial charge in [-0.25, -0.2) is 0 Å². The second-order valence-electron chi connectivity index (χ2n) is 3.76. The summed E-state index contributed by atoms with van der Waals surface area (Å²) in [6.07, 6.45) is 1.12. The zero-order valence-electron chi connectivity index (χ0n) is 8.36. The van der Waals surface area contributed by atoms with Crippen LogP contribution < -0.4 is 11.1 Å². The average Bonchev–Trinajstić information content (AvgIpc) is 2.16. The molecule has 1 aromatic rings. The molecule has 1 aliphatic rings. The number of hydrogen-bond acceptors (Lipinski definition) is 2. The van der Waals surface area contributed by atoms with Gasteiger partial charge < -0.3 is 11.1 Å². The molecule has 0 fully saturated rings. The largest absolute Gasteiger partial charge is 0.329 e. The van der Waals surface area contributed by atoms with Crippen molar-refractivity contribution >= 4 is 12.4 Å². The van der Waals surface area contributed by atoms with Gasteiger partial charge in [0.1, 0.15) is 0 Å². The first kappa shape index (κ1) is 11.5. The zero-order chi connectivity index (χ0) is 9.26. The van der Waals surface area contributed by atoms with Gasteiger partial charge in [0.2, 0.25) is 0 Å². The number of hydrogen-bond donors (Lipinski definition) is 2. The second kappa shape index (κ2) is 4.78. The first-order valence-corrected chi connectivity index (χ1v) is 4.85. The summed E-state index contributed by atoms with van der Waals surface area (Å²) in [4.78, 5) is 0. The van der Waals surface area contributed by atoms with Crippen LogP contribution in [0.25, 0.3) is 0 Å². The summed E-state index contributed by atoms with van der Waals surface area (Å²) in [7, 11) is 0. The Hall–Kier alpha value is -0.570. The first-order chi connectivity index (χ1) is 6.31. The summed E-state index contributed by atoms with van der Waals surface area (Å²) >= 11 is 0. The van der Waals surface area contributed by atoms with E-state index in [1.165, 1.54) is 11.1 Å². The number of fused-ring (bicyclic) bond motifs is 1. The fraction of sp³-hybridized carbons (Fsp3) is 0.455. The maximum Gasteiger partial charge on any atom is 0.0449 e. The van der Waals surface area contributed by atoms with Crippen molar-refractivity contribution in [1.29, 1.82) is 0 Å². The lowest BCUT2D eigenvalue weighted by atomic mass is 9.91. The van der Waals surface area contributed by atoms with E-state index in [4.69, 9.17) is 5.73 Å². The van der Waals surface area contributed by atoms with Gasteiger partial charge in [-0.1, -0.05) is 24.3 Å². The molecule has 2 rings (SSSR count). The van der Waals surface area contributed by atoms with E-state index in [1.807, 2.05) is 0 Å². The molecular formula is C11H17ClN2. The Kier molecular flexibility index (Phi) is 3.93. The summed E-state index contributed by atoms with van der Waals surface area (Å²) in [6, 6.07) is 9.45. The number of rotatable bonds is 1. The highest BCUT2D eigenvalue weighted by molar-refractivity contribution is 5.85. The van der Waals surface area contributed by atoms with E-state index in [1.54, 1.807) is 0 Å². The molecule has 3 heteroatoms. The van der Waals surface area contributed by atoms with Crippen molar-refractivity contribution in [1.82, 2.24) is 5.32 Å². The molecule has 14 heavy (non-hydrogen) atoms. The van der Waals surface area contributed by atoms with Crippen LogP contribution in [0.3, 0.4) is 0 Å². The highest BCUT2D eigenvalue weighted by Crippen LogP contribution is 2.23. The van der Waals surface area contributed by atoms with E-state index in [9.17, 15) is 0 Å². The maximum absolute atomic E-state index is 5.72. The molecule has 0 radical (unpaired) electrons. The van der Waals surface area contributed by atoms with Gasteiger partial charge in [-0.05, 0) is 24.5 Å². The Bertz CT molecular complexity index is 301. The van der Waals surface area contributed by atoms with Crippen LogP contribution in [-0.2, 0) is 6.42 Å². The Morgan fingerprint density at radius 1 is 1.43 bits per heavy atom. The molecule has 1 aliphatic heterocycles. The van der Waals surface area contributed by atoms with Crippen molar-refractivity contribution < 1.29 is 0 Å². The molecule has 1 aromatic carbocycles. The maximum atomic E-state index is 5.72. The fourth-order valence-electron chi connectivity index (χ4n) is 2.08. The van der Waals surface area contributed by atoms with Gasteiger partial charge in [-0.3, -0.25) is 0 Å². The normalized spacial score (nSPS) is 25.0. The molecule has 0 unspecified atom stereocenters. The smallest absolute Gasteiger partial charge is 0.0449 e. The van der Waals surface area contributed by atoms with Gasteiger partial charge in [0.25, 0.3) is 0 Å². The Morgan fingerprint density at radius 2 is 2.14 bits per heavy atom. The average molecular weight is 213 g/mol. The summed E-state index contributed by atoms with van der Waals surface area (Å²) in [6.45, 7) is 2.89. The fourth-order valence-corrected chi connectivity index (χ4v) is 2.08. The third-order valence-electron chi connectivity index (χ3n) is 2.68. The van der Waals surface area contributed by atoms with Gasteiger partial charge in [0, 0.05) is 18.6 Å². The summed E-state index contributed by atoms with van der Waals surface area (Å²) in [5.74, 6) is 0. The standard InChI is InChI=1S/C11H16N2.ClH/c1-8-6-9-4-2-3-5-10(9)11(7-12)13-8;/h2-5,8,11,13H,6-7,12H2,1H3;1H/t8-,11+;/m0./s1. The third-order valence-corrected chi connectivity index (χ3v) is 2.68. The molecule has 0 amide bonds. The molecule has 0 aliphatic carbocycles. The van der Waals surface area contributed by atoms with E-state index in [2.05, 4.69) is 36.5 Å². The molecule has 0 bridgehead atoms. The predicted molar refractivity (Wildman–Crippen MR) is 61.8 cm³/mol. The van der Waals surface area contributed by atoms with Crippen LogP contribution >= 0.6 is 12.4 Å². The molecule has 1 heterocycles. The lowest BCUT2D eigenvalue weighted by Gasteiger charge is -2.30. The Balaban J connectivity index is 0.000000980. The summed E-state index contributed by atoms with van der Waals surface area (Å²) < 4.78 is 0. The van der Waals surface area contributed by atoms with Crippen LogP contribution in [-0.4, -0.2) is 12.6 Å². The minimum Gasteiger partial charge on any atom is -0.329 e. The van der Waals surface area contributed by atoms with Gasteiger partial charge in [0.15, 0.2) is 0 Å². The van der Waals surface area contributed by atoms with Crippen LogP contribution in [0, 0.1) is 0 Å². The Labute approximate surface area is 91.3 Å². The van der Waals surface area contributed by atoms with Gasteiger partial charge >= 0.3 is 0 Å². The van der Waals surface area contributed by atoms with Crippen molar-refractivity contribution in [2.24, 2.45) is 5.73 Å². The SMILES string of the molecule is C[C@H]1Cc2ccccc2[C@@H](CN)N1.Cl. The number of halogens is 1. The predicted octanol–water partition coefficient (Wildman–Crippen LogP) is 1.64. The first-order valence-electron chi connectivity index (χ1n) is 4.85. The van der Waals surface area contributed by atoms with Gasteiger partial charge in [-0.2, -0.15) is 0 Å². The molecule has 0 aromatic heterocycles. The monoisotopic (exact) mass is 212 g/mol. The highest BCUT2D eigenvalue weighted by Gasteiger charge is 2.21. The van der Waals surface area contributed by atoms with E-state index < -0.39 is 0 Å². The van der Waals surface area contributed by atoms with Gasteiger partial charge in [0.05, 0.1) is 0 Å². The van der Waals surface area contributed by atoms with E-state index >= 15 is 0 Å². The third kappa shape index (κ3) is 2.08. The lowest BCUT2D eigenvalue weighted by Crippen LogP contribution is -2.40. The molecule has 0 saturated heterocycles. The number of nitrogens with two attached hydrogens (primary N) is 1. The molecule has 3 N–H and O–H groups in total. The highest BCUT2D eigenvalue weighted by atomic mass is 35.5. The van der Waals surface area contributed by atoms with Crippen LogP contribution in [0.1, 0.15) is 24.1 Å². The van der Waals surface area contributed by atoms with Crippen molar-refractivity contribution in [2.75, 3.05) is 6.54 Å². The van der Waals surface area contributed by atoms with Crippen molar-refractivity contribution in [3.8, 4) is 0 Å². The molecule has 0 saturated carbocycles. The van der Waals surface area contributed by atoms with E-state index in [0.717, 1.165) is 6.42 Å². The number of benzene rings is 1. The summed E-state index contributed by atoms with van der Waals surface area (Å²) in [5.41, 5.74) is 8.54. The second-order valence-corrected chi connectivity index (χ2v) is 3.76. The quantitative estimate of drug-likeness (QED) is 0.743. The topological polar surface area (TPSA) is 38.0 Å². The van der Waals surface area contributed by atoms with Crippen molar-refractivity contribution in [3.05, 3.63) is 35.4 Å². The van der Waals surface area contributed by atoms with Crippen LogP contribution in [0.2, 0.25) is 0 Å². The molecular weight excluding hydrogens is 196 g/mol. The molecule has 2 atom stereocenters. The Morgan fingerprint density at radius 3 is 2.86 bits per heavy atom. The lowest BCUT2D eigenvalue weighted by molar-refractivity contribution is 0.428. The van der Waals surface area contributed by atoms with Crippen LogP contribution in [0.5, 0.6) is 0 Å². The van der Waals surface area contributed by atoms with E-state index in [0.29, 0.717) is 18.6 Å². The minimum absolute atomic E-state index is 0. The van der Waals surface area contributed by atoms with E-state index in [-0.39, 0.29) is 12.4 Å². The van der Waals surface area contributed by atoms with Crippen LogP contribution in [0.4, 0.5) is 0 Å². The molecule has 2 nitrogen and oxygen atoms in total. The van der Waals surface area contributed by atoms with Crippen LogP contribution in [0.15, 0.2) is 24.3 Å². The zero-order valence-corrected chi connectivity index (χ0v) is 9.18. The minimum atomic E-state index is 0. The van der Waals surface area contributed by atoms with Crippen molar-refractivity contribution in [3.63, 3.8) is 0 Å². The van der Waals surface area contributed by atoms with Crippen molar-refractivity contribution in [2.45, 2.75) is 25.4 Å². The summed E-state index contributed by atoms with van der Waals surface area (Å²) in [5, 5.41) is 3.50.